The molecule has 0 saturated heterocycles. The Balaban J connectivity index is 2.79. The van der Waals surface area contributed by atoms with E-state index in [4.69, 9.17) is 0 Å². The van der Waals surface area contributed by atoms with Gasteiger partial charge in [0.15, 0.2) is 0 Å². The highest BCUT2D eigenvalue weighted by Crippen LogP contribution is 2.16. The predicted octanol–water partition coefficient (Wildman–Crippen LogP) is 2.06. The van der Waals surface area contributed by atoms with Crippen LogP contribution in [0.2, 0.25) is 0 Å². The summed E-state index contributed by atoms with van der Waals surface area (Å²) >= 11 is 0. The minimum atomic E-state index is -0.532. The van der Waals surface area contributed by atoms with Crippen LogP contribution in [-0.4, -0.2) is 19.0 Å². The first-order valence-electron chi connectivity index (χ1n) is 5.02. The number of methoxy groups -OCH3 is 1. The molecule has 1 amide bonds. The molecule has 4 nitrogen and oxygen atoms in total. The molecule has 16 heavy (non-hydrogen) atoms. The molecular formula is C12H15NO3. The summed E-state index contributed by atoms with van der Waals surface area (Å²) in [4.78, 5) is 22.2. The Labute approximate surface area is 94.6 Å². The average Bonchev–Trinajstić information content (AvgIpc) is 2.28. The van der Waals surface area contributed by atoms with Gasteiger partial charge in [-0.15, -0.1) is 0 Å². The Kier molecular flexibility index (Phi) is 4.51. The molecule has 4 heteroatoms. The number of hydrogen-bond acceptors (Lipinski definition) is 3. The van der Waals surface area contributed by atoms with E-state index in [2.05, 4.69) is 10.1 Å². The highest BCUT2D eigenvalue weighted by molar-refractivity contribution is 5.77. The molecule has 0 saturated carbocycles. The van der Waals surface area contributed by atoms with Crippen molar-refractivity contribution in [2.24, 2.45) is 0 Å². The molecule has 0 unspecified atom stereocenters. The molecule has 0 spiro atoms. The van der Waals surface area contributed by atoms with Crippen molar-refractivity contribution in [2.75, 3.05) is 7.11 Å². The maximum Gasteiger partial charge on any atom is 0.407 e. The molecular weight excluding hydrogens is 206 g/mol. The summed E-state index contributed by atoms with van der Waals surface area (Å²) in [5.74, 6) is 0.0188. The molecule has 0 aliphatic carbocycles. The number of ketones is 1. The van der Waals surface area contributed by atoms with E-state index in [-0.39, 0.29) is 18.2 Å². The Morgan fingerprint density at radius 2 is 1.94 bits per heavy atom. The van der Waals surface area contributed by atoms with Gasteiger partial charge in [0, 0.05) is 6.42 Å². The zero-order valence-electron chi connectivity index (χ0n) is 9.40. The lowest BCUT2D eigenvalue weighted by molar-refractivity contribution is -0.117. The van der Waals surface area contributed by atoms with Crippen LogP contribution in [0, 0.1) is 0 Å². The fourth-order valence-corrected chi connectivity index (χ4v) is 1.43. The van der Waals surface area contributed by atoms with E-state index in [1.807, 2.05) is 30.3 Å². The van der Waals surface area contributed by atoms with Gasteiger partial charge in [0.2, 0.25) is 0 Å². The molecule has 1 aromatic rings. The van der Waals surface area contributed by atoms with Crippen LogP contribution in [0.5, 0.6) is 0 Å². The number of benzene rings is 1. The van der Waals surface area contributed by atoms with E-state index < -0.39 is 6.09 Å². The molecule has 86 valence electrons. The maximum absolute atomic E-state index is 11.1. The molecule has 1 N–H and O–H groups in total. The molecule has 0 aliphatic heterocycles. The van der Waals surface area contributed by atoms with Gasteiger partial charge in [0.1, 0.15) is 5.78 Å². The van der Waals surface area contributed by atoms with Crippen LogP contribution in [0.1, 0.15) is 24.9 Å². The van der Waals surface area contributed by atoms with Gasteiger partial charge >= 0.3 is 6.09 Å². The molecule has 0 aromatic heterocycles. The van der Waals surface area contributed by atoms with E-state index in [0.29, 0.717) is 0 Å². The van der Waals surface area contributed by atoms with Gasteiger partial charge < -0.3 is 10.1 Å². The van der Waals surface area contributed by atoms with Crippen LogP contribution >= 0.6 is 0 Å². The fraction of sp³-hybridized carbons (Fsp3) is 0.333. The van der Waals surface area contributed by atoms with Crippen LogP contribution in [0.3, 0.4) is 0 Å². The summed E-state index contributed by atoms with van der Waals surface area (Å²) in [5.41, 5.74) is 0.892. The number of Topliss-reactive ketones (excluding diaryl/α,β-unsaturated/α-hetero) is 1. The minimum absolute atomic E-state index is 0.0188. The molecule has 0 aliphatic rings. The first-order chi connectivity index (χ1) is 7.63. The van der Waals surface area contributed by atoms with E-state index in [9.17, 15) is 9.59 Å². The van der Waals surface area contributed by atoms with Crippen LogP contribution in [0.25, 0.3) is 0 Å². The van der Waals surface area contributed by atoms with E-state index in [0.717, 1.165) is 5.56 Å². The largest absolute Gasteiger partial charge is 0.453 e. The van der Waals surface area contributed by atoms with Gasteiger partial charge in [-0.3, -0.25) is 4.79 Å². The Hall–Kier alpha value is -1.84. The monoisotopic (exact) mass is 221 g/mol. The van der Waals surface area contributed by atoms with Crippen molar-refractivity contribution < 1.29 is 14.3 Å². The van der Waals surface area contributed by atoms with Gasteiger partial charge in [-0.25, -0.2) is 4.79 Å². The van der Waals surface area contributed by atoms with Gasteiger partial charge in [-0.1, -0.05) is 30.3 Å². The summed E-state index contributed by atoms with van der Waals surface area (Å²) in [7, 11) is 1.30. The molecule has 1 aromatic carbocycles. The molecule has 0 bridgehead atoms. The third-order valence-corrected chi connectivity index (χ3v) is 2.17. The SMILES string of the molecule is COC(=O)N[C@@H](CC(C)=O)c1ccccc1. The van der Waals surface area contributed by atoms with Gasteiger partial charge in [0.25, 0.3) is 0 Å². The lowest BCUT2D eigenvalue weighted by atomic mass is 10.0. The number of carbonyl (C=O) groups excluding carboxylic acids is 2. The summed E-state index contributed by atoms with van der Waals surface area (Å²) < 4.78 is 4.52. The van der Waals surface area contributed by atoms with Crippen molar-refractivity contribution in [1.82, 2.24) is 5.32 Å². The summed E-state index contributed by atoms with van der Waals surface area (Å²) in [5, 5.41) is 2.63. The fourth-order valence-electron chi connectivity index (χ4n) is 1.43. The Bertz CT molecular complexity index is 362. The smallest absolute Gasteiger partial charge is 0.407 e. The Morgan fingerprint density at radius 3 is 2.44 bits per heavy atom. The normalized spacial score (nSPS) is 11.6. The molecule has 0 fully saturated rings. The van der Waals surface area contributed by atoms with Crippen molar-refractivity contribution in [1.29, 1.82) is 0 Å². The number of alkyl carbamates (subject to hydrolysis) is 1. The molecule has 0 heterocycles. The number of ether oxygens (including phenoxy) is 1. The van der Waals surface area contributed by atoms with Crippen molar-refractivity contribution >= 4 is 11.9 Å². The molecule has 1 rings (SSSR count). The number of amides is 1. The van der Waals surface area contributed by atoms with Crippen LogP contribution in [0.15, 0.2) is 30.3 Å². The first kappa shape index (κ1) is 12.2. The van der Waals surface area contributed by atoms with Crippen LogP contribution in [0.4, 0.5) is 4.79 Å². The van der Waals surface area contributed by atoms with Crippen molar-refractivity contribution in [3.63, 3.8) is 0 Å². The lowest BCUT2D eigenvalue weighted by Gasteiger charge is -2.16. The summed E-state index contributed by atoms with van der Waals surface area (Å²) in [6.07, 6.45) is -0.269. The van der Waals surface area contributed by atoms with E-state index in [1.165, 1.54) is 14.0 Å². The zero-order valence-corrected chi connectivity index (χ0v) is 9.40. The number of carbonyl (C=O) groups is 2. The third-order valence-electron chi connectivity index (χ3n) is 2.17. The minimum Gasteiger partial charge on any atom is -0.453 e. The summed E-state index contributed by atoms with van der Waals surface area (Å²) in [6.45, 7) is 1.49. The lowest BCUT2D eigenvalue weighted by Crippen LogP contribution is -2.29. The number of rotatable bonds is 4. The second-order valence-electron chi connectivity index (χ2n) is 3.51. The van der Waals surface area contributed by atoms with Crippen molar-refractivity contribution in [2.45, 2.75) is 19.4 Å². The van der Waals surface area contributed by atoms with Crippen LogP contribution in [-0.2, 0) is 9.53 Å². The molecule has 0 radical (unpaired) electrons. The van der Waals surface area contributed by atoms with Gasteiger partial charge in [-0.2, -0.15) is 0 Å². The summed E-state index contributed by atoms with van der Waals surface area (Å²) in [6, 6.07) is 9.01. The predicted molar refractivity (Wildman–Crippen MR) is 60.0 cm³/mol. The molecule has 1 atom stereocenters. The topological polar surface area (TPSA) is 55.4 Å². The number of hydrogen-bond donors (Lipinski definition) is 1. The number of nitrogens with one attached hydrogen (secondary N) is 1. The van der Waals surface area contributed by atoms with Crippen molar-refractivity contribution in [3.05, 3.63) is 35.9 Å². The zero-order chi connectivity index (χ0) is 12.0. The standard InChI is InChI=1S/C12H15NO3/c1-9(14)8-11(13-12(15)16-2)10-6-4-3-5-7-10/h3-7,11H,8H2,1-2H3,(H,13,15)/t11-/m0/s1. The second-order valence-corrected chi connectivity index (χ2v) is 3.51. The Morgan fingerprint density at radius 1 is 1.31 bits per heavy atom. The highest BCUT2D eigenvalue weighted by Gasteiger charge is 2.16. The van der Waals surface area contributed by atoms with E-state index >= 15 is 0 Å². The quantitative estimate of drug-likeness (QED) is 0.846. The first-order valence-corrected chi connectivity index (χ1v) is 5.02. The second kappa shape index (κ2) is 5.90. The highest BCUT2D eigenvalue weighted by atomic mass is 16.5. The van der Waals surface area contributed by atoms with E-state index in [1.54, 1.807) is 0 Å². The third kappa shape index (κ3) is 3.73. The van der Waals surface area contributed by atoms with Crippen molar-refractivity contribution in [3.8, 4) is 0 Å². The van der Waals surface area contributed by atoms with Gasteiger partial charge in [-0.05, 0) is 12.5 Å². The van der Waals surface area contributed by atoms with Crippen LogP contribution < -0.4 is 5.32 Å². The average molecular weight is 221 g/mol. The maximum atomic E-state index is 11.1. The van der Waals surface area contributed by atoms with Gasteiger partial charge in [0.05, 0.1) is 13.2 Å².